The molecule has 2 aromatic carbocycles. The largest absolute Gasteiger partial charge is 0.496 e. The zero-order valence-electron chi connectivity index (χ0n) is 30.3. The number of rotatable bonds is 8. The van der Waals surface area contributed by atoms with E-state index in [0.717, 1.165) is 16.9 Å². The van der Waals surface area contributed by atoms with Gasteiger partial charge in [0.05, 0.1) is 31.0 Å². The van der Waals surface area contributed by atoms with Gasteiger partial charge in [-0.3, -0.25) is 4.79 Å². The van der Waals surface area contributed by atoms with E-state index in [1.54, 1.807) is 7.11 Å². The van der Waals surface area contributed by atoms with Crippen molar-refractivity contribution in [3.05, 3.63) is 65.2 Å². The fourth-order valence-electron chi connectivity index (χ4n) is 8.03. The first-order chi connectivity index (χ1) is 21.3. The van der Waals surface area contributed by atoms with Crippen LogP contribution in [0.2, 0.25) is 0 Å². The molecule has 0 saturated carbocycles. The molecule has 0 aromatic heterocycles. The summed E-state index contributed by atoms with van der Waals surface area (Å²) in [6, 6.07) is 15.1. The van der Waals surface area contributed by atoms with Crippen molar-refractivity contribution in [3.63, 3.8) is 0 Å². The Bertz CT molecular complexity index is 1350. The summed E-state index contributed by atoms with van der Waals surface area (Å²) in [6.45, 7) is 23.9. The minimum Gasteiger partial charge on any atom is -0.496 e. The average molecular weight is 635 g/mol. The lowest BCUT2D eigenvalue weighted by Gasteiger charge is -2.46. The van der Waals surface area contributed by atoms with Crippen molar-refractivity contribution in [2.24, 2.45) is 17.3 Å². The lowest BCUT2D eigenvalue weighted by molar-refractivity contribution is -0.185. The second kappa shape index (κ2) is 13.3. The molecule has 7 heteroatoms. The Morgan fingerprint density at radius 3 is 2.09 bits per heavy atom. The number of ether oxygens (including phenoxy) is 3. The minimum atomic E-state index is -0.757. The number of methoxy groups -OCH3 is 1. The zero-order chi connectivity index (χ0) is 34.2. The standard InChI is InChI=1S/C39H58N2O5/c1-13-45-35(43)33-30(37(5,6)7)31(40-24-26-21-28(36(2,3)4)19-20-29(26)44-12)32(25-17-15-14-16-18-25)41(33)34(42)27-22-38(8,9)46-39(10,11)23-27/h14-21,27,30-33,40H,13,22-24H2,1-12H3/t30-,31-,32-,33-/m0/s1. The van der Waals surface area contributed by atoms with Crippen LogP contribution < -0.4 is 10.1 Å². The van der Waals surface area contributed by atoms with E-state index in [1.807, 2.05) is 36.1 Å². The summed E-state index contributed by atoms with van der Waals surface area (Å²) in [7, 11) is 1.70. The average Bonchev–Trinajstić information content (AvgIpc) is 3.29. The van der Waals surface area contributed by atoms with Crippen molar-refractivity contribution in [2.45, 2.75) is 130 Å². The van der Waals surface area contributed by atoms with Crippen LogP contribution in [0, 0.1) is 17.3 Å². The molecule has 4 atom stereocenters. The molecule has 0 aliphatic carbocycles. The maximum absolute atomic E-state index is 15.0. The Labute approximate surface area is 277 Å². The Kier molecular flexibility index (Phi) is 10.4. The molecule has 2 heterocycles. The SMILES string of the molecule is CCOC(=O)[C@@H]1[C@@H](C(C)(C)C)[C@H](NCc2cc(C(C)(C)C)ccc2OC)[C@H](c2ccccc2)N1C(=O)C1CC(C)(C)OC(C)(C)C1. The molecule has 2 aliphatic heterocycles. The van der Waals surface area contributed by atoms with Gasteiger partial charge >= 0.3 is 5.97 Å². The van der Waals surface area contributed by atoms with Gasteiger partial charge in [-0.05, 0) is 75.5 Å². The van der Waals surface area contributed by atoms with E-state index in [-0.39, 0.29) is 47.2 Å². The summed E-state index contributed by atoms with van der Waals surface area (Å²) in [4.78, 5) is 31.1. The van der Waals surface area contributed by atoms with Crippen molar-refractivity contribution in [3.8, 4) is 5.75 Å². The molecule has 254 valence electrons. The van der Waals surface area contributed by atoms with Gasteiger partial charge in [0.1, 0.15) is 11.8 Å². The van der Waals surface area contributed by atoms with Gasteiger partial charge in [-0.15, -0.1) is 0 Å². The highest BCUT2D eigenvalue weighted by molar-refractivity contribution is 5.88. The Morgan fingerprint density at radius 1 is 0.957 bits per heavy atom. The van der Waals surface area contributed by atoms with E-state index in [9.17, 15) is 4.79 Å². The first kappa shape index (κ1) is 35.9. The van der Waals surface area contributed by atoms with Crippen LogP contribution in [0.4, 0.5) is 0 Å². The fourth-order valence-corrected chi connectivity index (χ4v) is 8.03. The summed E-state index contributed by atoms with van der Waals surface area (Å²) in [5.41, 5.74) is 1.93. The number of nitrogens with one attached hydrogen (secondary N) is 1. The highest BCUT2D eigenvalue weighted by Crippen LogP contribution is 2.50. The topological polar surface area (TPSA) is 77.1 Å². The molecule has 0 spiro atoms. The van der Waals surface area contributed by atoms with Gasteiger partial charge < -0.3 is 24.4 Å². The molecule has 46 heavy (non-hydrogen) atoms. The molecule has 2 saturated heterocycles. The molecule has 2 fully saturated rings. The molecule has 7 nitrogen and oxygen atoms in total. The van der Waals surface area contributed by atoms with E-state index < -0.39 is 23.3 Å². The van der Waals surface area contributed by atoms with Gasteiger partial charge in [0.25, 0.3) is 0 Å². The third-order valence-corrected chi connectivity index (χ3v) is 9.64. The highest BCUT2D eigenvalue weighted by Gasteiger charge is 2.59. The number of hydrogen-bond acceptors (Lipinski definition) is 6. The van der Waals surface area contributed by atoms with E-state index in [4.69, 9.17) is 14.2 Å². The van der Waals surface area contributed by atoms with Crippen molar-refractivity contribution < 1.29 is 23.8 Å². The second-order valence-electron chi connectivity index (χ2n) is 16.6. The number of benzene rings is 2. The van der Waals surface area contributed by atoms with Crippen LogP contribution in [0.25, 0.3) is 0 Å². The Morgan fingerprint density at radius 2 is 1.57 bits per heavy atom. The number of hydrogen-bond donors (Lipinski definition) is 1. The molecule has 0 bridgehead atoms. The van der Waals surface area contributed by atoms with Gasteiger partial charge in [-0.1, -0.05) is 84.0 Å². The van der Waals surface area contributed by atoms with Gasteiger partial charge in [0.15, 0.2) is 0 Å². The second-order valence-corrected chi connectivity index (χ2v) is 16.6. The van der Waals surface area contributed by atoms with Gasteiger partial charge in [-0.25, -0.2) is 4.79 Å². The first-order valence-corrected chi connectivity index (χ1v) is 16.9. The molecule has 1 amide bonds. The lowest BCUT2D eigenvalue weighted by atomic mass is 9.72. The summed E-state index contributed by atoms with van der Waals surface area (Å²) in [5, 5.41) is 3.90. The Hall–Kier alpha value is -2.90. The van der Waals surface area contributed by atoms with Gasteiger partial charge in [0, 0.05) is 30.0 Å². The number of carbonyl (C=O) groups is 2. The third kappa shape index (κ3) is 7.79. The molecule has 2 aliphatic rings. The first-order valence-electron chi connectivity index (χ1n) is 16.9. The van der Waals surface area contributed by atoms with E-state index in [1.165, 1.54) is 5.56 Å². The molecule has 1 N–H and O–H groups in total. The van der Waals surface area contributed by atoms with Crippen LogP contribution >= 0.6 is 0 Å². The molecule has 0 unspecified atom stereocenters. The number of esters is 1. The van der Waals surface area contributed by atoms with Crippen LogP contribution in [0.5, 0.6) is 5.75 Å². The van der Waals surface area contributed by atoms with Crippen molar-refractivity contribution >= 4 is 11.9 Å². The van der Waals surface area contributed by atoms with Crippen molar-refractivity contribution in [1.29, 1.82) is 0 Å². The smallest absolute Gasteiger partial charge is 0.329 e. The highest BCUT2D eigenvalue weighted by atomic mass is 16.5. The van der Waals surface area contributed by atoms with Crippen molar-refractivity contribution in [1.82, 2.24) is 10.2 Å². The van der Waals surface area contributed by atoms with Crippen LogP contribution in [0.15, 0.2) is 48.5 Å². The summed E-state index contributed by atoms with van der Waals surface area (Å²) in [5.74, 6) is -0.0899. The monoisotopic (exact) mass is 634 g/mol. The Balaban J connectivity index is 1.87. The van der Waals surface area contributed by atoms with Crippen LogP contribution in [0.1, 0.15) is 112 Å². The molecule has 2 aromatic rings. The normalized spacial score (nSPS) is 24.9. The summed E-state index contributed by atoms with van der Waals surface area (Å²) >= 11 is 0. The number of nitrogens with zero attached hydrogens (tertiary/aromatic N) is 1. The lowest BCUT2D eigenvalue weighted by Crippen LogP contribution is -2.54. The maximum atomic E-state index is 15.0. The quantitative estimate of drug-likeness (QED) is 0.301. The van der Waals surface area contributed by atoms with Crippen LogP contribution in [0.3, 0.4) is 0 Å². The van der Waals surface area contributed by atoms with Crippen LogP contribution in [-0.4, -0.2) is 53.8 Å². The molecular formula is C39H58N2O5. The molecular weight excluding hydrogens is 576 g/mol. The predicted molar refractivity (Wildman–Crippen MR) is 184 cm³/mol. The van der Waals surface area contributed by atoms with E-state index in [0.29, 0.717) is 19.4 Å². The molecule has 4 rings (SSSR count). The minimum absolute atomic E-state index is 0.0118. The maximum Gasteiger partial charge on any atom is 0.329 e. The van der Waals surface area contributed by atoms with E-state index in [2.05, 4.69) is 98.8 Å². The zero-order valence-corrected chi connectivity index (χ0v) is 30.3. The van der Waals surface area contributed by atoms with Gasteiger partial charge in [-0.2, -0.15) is 0 Å². The summed E-state index contributed by atoms with van der Waals surface area (Å²) in [6.07, 6.45) is 1.16. The third-order valence-electron chi connectivity index (χ3n) is 9.64. The number of carbonyl (C=O) groups excluding carboxylic acids is 2. The van der Waals surface area contributed by atoms with Crippen LogP contribution in [-0.2, 0) is 31.0 Å². The molecule has 0 radical (unpaired) electrons. The fraction of sp³-hybridized carbons (Fsp3) is 0.641. The van der Waals surface area contributed by atoms with E-state index >= 15 is 4.79 Å². The van der Waals surface area contributed by atoms with Gasteiger partial charge in [0.2, 0.25) is 5.91 Å². The number of amides is 1. The number of likely N-dealkylation sites (tertiary alicyclic amines) is 1. The summed E-state index contributed by atoms with van der Waals surface area (Å²) < 4.78 is 18.0. The van der Waals surface area contributed by atoms with Crippen molar-refractivity contribution in [2.75, 3.05) is 13.7 Å². The predicted octanol–water partition coefficient (Wildman–Crippen LogP) is 7.61.